The van der Waals surface area contributed by atoms with Crippen molar-refractivity contribution >= 4 is 17.3 Å². The van der Waals surface area contributed by atoms with E-state index in [-0.39, 0.29) is 0 Å². The maximum absolute atomic E-state index is 5.81. The second-order valence-electron chi connectivity index (χ2n) is 4.54. The number of nitrogens with one attached hydrogen (secondary N) is 1. The van der Waals surface area contributed by atoms with Gasteiger partial charge in [-0.3, -0.25) is 0 Å². The van der Waals surface area contributed by atoms with E-state index in [1.54, 1.807) is 0 Å². The number of anilines is 1. The Kier molecular flexibility index (Phi) is 2.11. The third-order valence-electron chi connectivity index (χ3n) is 3.62. The first-order valence-electron chi connectivity index (χ1n) is 5.41. The number of fused-ring (bicyclic) bond motifs is 2. The molecule has 80 valence electrons. The van der Waals surface area contributed by atoms with E-state index in [4.69, 9.17) is 17.3 Å². The molecule has 3 rings (SSSR count). The van der Waals surface area contributed by atoms with Gasteiger partial charge in [0.2, 0.25) is 0 Å². The molecule has 3 atom stereocenters. The predicted molar refractivity (Wildman–Crippen MR) is 61.0 cm³/mol. The van der Waals surface area contributed by atoms with E-state index < -0.39 is 0 Å². The lowest BCUT2D eigenvalue weighted by Gasteiger charge is -2.20. The van der Waals surface area contributed by atoms with Crippen LogP contribution in [0.3, 0.4) is 0 Å². The molecule has 1 aromatic rings. The standard InChI is InChI=1S/C11H14ClN3/c12-11-9(13)3-6(5-14-11)8-4-7-1-2-10(8)15-7/h3,5,7-8,10,15H,1-2,4,13H2/t7?,8-,10?/m1/s1. The summed E-state index contributed by atoms with van der Waals surface area (Å²) < 4.78 is 0. The van der Waals surface area contributed by atoms with Gasteiger partial charge in [0.1, 0.15) is 0 Å². The Labute approximate surface area is 94.0 Å². The highest BCUT2D eigenvalue weighted by atomic mass is 35.5. The molecular formula is C11H14ClN3. The maximum Gasteiger partial charge on any atom is 0.151 e. The Balaban J connectivity index is 1.90. The Hall–Kier alpha value is -0.800. The van der Waals surface area contributed by atoms with Gasteiger partial charge < -0.3 is 11.1 Å². The fourth-order valence-electron chi connectivity index (χ4n) is 2.88. The summed E-state index contributed by atoms with van der Waals surface area (Å²) in [5.41, 5.74) is 7.60. The van der Waals surface area contributed by atoms with E-state index in [2.05, 4.69) is 10.3 Å². The van der Waals surface area contributed by atoms with Crippen LogP contribution in [-0.4, -0.2) is 17.1 Å². The smallest absolute Gasteiger partial charge is 0.151 e. The summed E-state index contributed by atoms with van der Waals surface area (Å²) in [5, 5.41) is 4.02. The Morgan fingerprint density at radius 2 is 2.33 bits per heavy atom. The molecule has 3 N–H and O–H groups in total. The summed E-state index contributed by atoms with van der Waals surface area (Å²) in [7, 11) is 0. The molecule has 0 spiro atoms. The molecule has 3 heterocycles. The van der Waals surface area contributed by atoms with Crippen LogP contribution in [0.1, 0.15) is 30.7 Å². The van der Waals surface area contributed by atoms with Crippen molar-refractivity contribution in [3.05, 3.63) is 23.0 Å². The van der Waals surface area contributed by atoms with Crippen molar-refractivity contribution in [3.63, 3.8) is 0 Å². The van der Waals surface area contributed by atoms with Gasteiger partial charge in [0.15, 0.2) is 5.15 Å². The van der Waals surface area contributed by atoms with Crippen molar-refractivity contribution in [1.29, 1.82) is 0 Å². The zero-order valence-electron chi connectivity index (χ0n) is 8.41. The zero-order valence-corrected chi connectivity index (χ0v) is 9.17. The first kappa shape index (κ1) is 9.43. The van der Waals surface area contributed by atoms with Gasteiger partial charge in [-0.1, -0.05) is 11.6 Å². The normalized spacial score (nSPS) is 33.5. The Morgan fingerprint density at radius 1 is 1.47 bits per heavy atom. The molecule has 0 radical (unpaired) electrons. The highest BCUT2D eigenvalue weighted by Crippen LogP contribution is 2.40. The number of aromatic nitrogens is 1. The second kappa shape index (κ2) is 3.35. The molecule has 2 bridgehead atoms. The molecule has 2 aliphatic heterocycles. The molecule has 0 amide bonds. The Morgan fingerprint density at radius 3 is 2.93 bits per heavy atom. The van der Waals surface area contributed by atoms with E-state index in [0.29, 0.717) is 28.8 Å². The van der Waals surface area contributed by atoms with Crippen molar-refractivity contribution in [3.8, 4) is 0 Å². The van der Waals surface area contributed by atoms with E-state index >= 15 is 0 Å². The van der Waals surface area contributed by atoms with Crippen molar-refractivity contribution in [2.45, 2.75) is 37.3 Å². The van der Waals surface area contributed by atoms with Crippen LogP contribution >= 0.6 is 11.6 Å². The monoisotopic (exact) mass is 223 g/mol. The van der Waals surface area contributed by atoms with Crippen LogP contribution in [0.25, 0.3) is 0 Å². The lowest BCUT2D eigenvalue weighted by atomic mass is 9.84. The van der Waals surface area contributed by atoms with Gasteiger partial charge in [0.05, 0.1) is 5.69 Å². The molecule has 15 heavy (non-hydrogen) atoms. The van der Waals surface area contributed by atoms with Crippen molar-refractivity contribution in [2.24, 2.45) is 0 Å². The lowest BCUT2D eigenvalue weighted by molar-refractivity contribution is 0.505. The highest BCUT2D eigenvalue weighted by Gasteiger charge is 2.39. The molecule has 1 aromatic heterocycles. The molecule has 2 saturated heterocycles. The van der Waals surface area contributed by atoms with Crippen LogP contribution in [-0.2, 0) is 0 Å². The first-order valence-corrected chi connectivity index (χ1v) is 5.79. The number of nitrogen functional groups attached to an aromatic ring is 1. The van der Waals surface area contributed by atoms with Crippen molar-refractivity contribution < 1.29 is 0 Å². The molecule has 2 fully saturated rings. The van der Waals surface area contributed by atoms with E-state index in [9.17, 15) is 0 Å². The van der Waals surface area contributed by atoms with Crippen LogP contribution in [0, 0.1) is 0 Å². The summed E-state index contributed by atoms with van der Waals surface area (Å²) in [6.07, 6.45) is 5.68. The largest absolute Gasteiger partial charge is 0.396 e. The minimum atomic E-state index is 0.412. The van der Waals surface area contributed by atoms with Gasteiger partial charge in [0, 0.05) is 24.2 Å². The third kappa shape index (κ3) is 1.50. The Bertz CT molecular complexity index is 393. The number of hydrogen-bond acceptors (Lipinski definition) is 3. The number of rotatable bonds is 1. The zero-order chi connectivity index (χ0) is 10.4. The van der Waals surface area contributed by atoms with Crippen molar-refractivity contribution in [2.75, 3.05) is 5.73 Å². The second-order valence-corrected chi connectivity index (χ2v) is 4.90. The number of nitrogens with zero attached hydrogens (tertiary/aromatic N) is 1. The van der Waals surface area contributed by atoms with Crippen molar-refractivity contribution in [1.82, 2.24) is 10.3 Å². The summed E-state index contributed by atoms with van der Waals surface area (Å²) in [6, 6.07) is 3.30. The number of hydrogen-bond donors (Lipinski definition) is 2. The molecule has 2 aliphatic rings. The highest BCUT2D eigenvalue weighted by molar-refractivity contribution is 6.31. The van der Waals surface area contributed by atoms with E-state index in [1.807, 2.05) is 12.3 Å². The summed E-state index contributed by atoms with van der Waals surface area (Å²) >= 11 is 5.81. The fraction of sp³-hybridized carbons (Fsp3) is 0.545. The topological polar surface area (TPSA) is 50.9 Å². The van der Waals surface area contributed by atoms with Crippen LogP contribution in [0.2, 0.25) is 5.15 Å². The lowest BCUT2D eigenvalue weighted by Crippen LogP contribution is -2.21. The first-order chi connectivity index (χ1) is 7.24. The van der Waals surface area contributed by atoms with E-state index in [0.717, 1.165) is 0 Å². The number of pyridine rings is 1. The van der Waals surface area contributed by atoms with Gasteiger partial charge >= 0.3 is 0 Å². The molecule has 0 aromatic carbocycles. The summed E-state index contributed by atoms with van der Waals surface area (Å²) in [6.45, 7) is 0. The molecule has 2 unspecified atom stereocenters. The quantitative estimate of drug-likeness (QED) is 0.716. The van der Waals surface area contributed by atoms with Gasteiger partial charge in [-0.05, 0) is 30.9 Å². The summed E-state index contributed by atoms with van der Waals surface area (Å²) in [5.74, 6) is 0.579. The average Bonchev–Trinajstić information content (AvgIpc) is 2.83. The fourth-order valence-corrected chi connectivity index (χ4v) is 2.98. The average molecular weight is 224 g/mol. The predicted octanol–water partition coefficient (Wildman–Crippen LogP) is 1.93. The molecule has 0 aliphatic carbocycles. The van der Waals surface area contributed by atoms with Crippen LogP contribution in [0.15, 0.2) is 12.3 Å². The summed E-state index contributed by atoms with van der Waals surface area (Å²) in [4.78, 5) is 4.12. The van der Waals surface area contributed by atoms with Gasteiger partial charge in [-0.2, -0.15) is 0 Å². The van der Waals surface area contributed by atoms with Gasteiger partial charge in [-0.15, -0.1) is 0 Å². The minimum absolute atomic E-state index is 0.412. The number of nitrogens with two attached hydrogens (primary N) is 1. The van der Waals surface area contributed by atoms with Crippen LogP contribution < -0.4 is 11.1 Å². The molecule has 4 heteroatoms. The van der Waals surface area contributed by atoms with E-state index in [1.165, 1.54) is 24.8 Å². The minimum Gasteiger partial charge on any atom is -0.396 e. The van der Waals surface area contributed by atoms with Crippen LogP contribution in [0.4, 0.5) is 5.69 Å². The molecular weight excluding hydrogens is 210 g/mol. The van der Waals surface area contributed by atoms with Crippen LogP contribution in [0.5, 0.6) is 0 Å². The molecule has 3 nitrogen and oxygen atoms in total. The maximum atomic E-state index is 5.81. The number of halogens is 1. The van der Waals surface area contributed by atoms with Gasteiger partial charge in [-0.25, -0.2) is 4.98 Å². The SMILES string of the molecule is Nc1cc([C@H]2CC3CCC2N3)cnc1Cl. The molecule has 0 saturated carbocycles. The third-order valence-corrected chi connectivity index (χ3v) is 3.93. The van der Waals surface area contributed by atoms with Gasteiger partial charge in [0.25, 0.3) is 0 Å².